The molecule has 1 N–H and O–H groups in total. The van der Waals surface area contributed by atoms with Gasteiger partial charge in [0.25, 0.3) is 0 Å². The summed E-state index contributed by atoms with van der Waals surface area (Å²) in [6, 6.07) is 10.5. The molecule has 21 heavy (non-hydrogen) atoms. The third kappa shape index (κ3) is 3.11. The van der Waals surface area contributed by atoms with Gasteiger partial charge in [0.1, 0.15) is 0 Å². The third-order valence-electron chi connectivity index (χ3n) is 4.54. The number of nitrogens with one attached hydrogen (secondary N) is 1. The Labute approximate surface area is 126 Å². The molecule has 0 spiro atoms. The minimum Gasteiger partial charge on any atom is -0.381 e. The molecule has 2 unspecified atom stereocenters. The molecule has 1 amide bonds. The molecule has 4 nitrogen and oxygen atoms in total. The Bertz CT molecular complexity index is 471. The first-order valence-corrected chi connectivity index (χ1v) is 7.99. The smallest absolute Gasteiger partial charge is 0.241 e. The summed E-state index contributed by atoms with van der Waals surface area (Å²) >= 11 is 0. The van der Waals surface area contributed by atoms with Gasteiger partial charge in [0.15, 0.2) is 0 Å². The van der Waals surface area contributed by atoms with Crippen LogP contribution in [0.3, 0.4) is 0 Å². The van der Waals surface area contributed by atoms with E-state index in [0.717, 1.165) is 38.9 Å². The normalized spacial score (nSPS) is 27.3. The number of carbonyl (C=O) groups excluding carboxylic acids is 1. The van der Waals surface area contributed by atoms with Crippen molar-refractivity contribution in [3.63, 3.8) is 0 Å². The molecule has 2 saturated heterocycles. The molecular weight excluding hydrogens is 264 g/mol. The number of carbonyl (C=O) groups is 1. The maximum absolute atomic E-state index is 12.8. The second-order valence-corrected chi connectivity index (χ2v) is 5.92. The van der Waals surface area contributed by atoms with E-state index in [0.29, 0.717) is 6.04 Å². The highest BCUT2D eigenvalue weighted by molar-refractivity contribution is 5.85. The van der Waals surface area contributed by atoms with Crippen LogP contribution in [0.4, 0.5) is 0 Å². The van der Waals surface area contributed by atoms with Crippen LogP contribution in [0, 0.1) is 0 Å². The number of ether oxygens (including phenoxy) is 1. The van der Waals surface area contributed by atoms with E-state index in [1.807, 2.05) is 18.2 Å². The van der Waals surface area contributed by atoms with Crippen molar-refractivity contribution >= 4 is 5.91 Å². The van der Waals surface area contributed by atoms with Crippen molar-refractivity contribution in [3.05, 3.63) is 35.9 Å². The highest BCUT2D eigenvalue weighted by Gasteiger charge is 2.41. The van der Waals surface area contributed by atoms with Crippen LogP contribution in [0.1, 0.15) is 31.7 Å². The van der Waals surface area contributed by atoms with Crippen molar-refractivity contribution in [1.29, 1.82) is 0 Å². The third-order valence-corrected chi connectivity index (χ3v) is 4.54. The minimum absolute atomic E-state index is 0.0832. The number of hydrogen-bond donors (Lipinski definition) is 1. The van der Waals surface area contributed by atoms with E-state index in [2.05, 4.69) is 29.3 Å². The van der Waals surface area contributed by atoms with Crippen molar-refractivity contribution < 1.29 is 9.53 Å². The van der Waals surface area contributed by atoms with Crippen LogP contribution in [0.15, 0.2) is 30.3 Å². The highest BCUT2D eigenvalue weighted by atomic mass is 16.5. The van der Waals surface area contributed by atoms with Gasteiger partial charge < -0.3 is 9.64 Å². The molecule has 3 rings (SSSR count). The number of rotatable bonds is 4. The maximum Gasteiger partial charge on any atom is 0.241 e. The van der Waals surface area contributed by atoms with Gasteiger partial charge in [0.2, 0.25) is 5.91 Å². The van der Waals surface area contributed by atoms with Crippen LogP contribution in [-0.2, 0) is 16.0 Å². The Hall–Kier alpha value is -1.39. The Morgan fingerprint density at radius 2 is 1.95 bits per heavy atom. The number of hydrogen-bond acceptors (Lipinski definition) is 3. The second-order valence-electron chi connectivity index (χ2n) is 5.92. The van der Waals surface area contributed by atoms with E-state index in [1.165, 1.54) is 5.56 Å². The van der Waals surface area contributed by atoms with Gasteiger partial charge in [-0.25, -0.2) is 0 Å². The minimum atomic E-state index is -0.0832. The van der Waals surface area contributed by atoms with Crippen molar-refractivity contribution in [3.8, 4) is 0 Å². The van der Waals surface area contributed by atoms with Gasteiger partial charge in [0.05, 0.1) is 12.2 Å². The average molecular weight is 288 g/mol. The zero-order chi connectivity index (χ0) is 14.7. The van der Waals surface area contributed by atoms with Gasteiger partial charge in [-0.1, -0.05) is 37.3 Å². The largest absolute Gasteiger partial charge is 0.381 e. The molecular formula is C17H24N2O2. The molecule has 2 heterocycles. The van der Waals surface area contributed by atoms with Gasteiger partial charge in [-0.15, -0.1) is 0 Å². The zero-order valence-electron chi connectivity index (χ0n) is 12.6. The molecule has 4 heteroatoms. The van der Waals surface area contributed by atoms with Gasteiger partial charge in [-0.05, 0) is 31.2 Å². The lowest BCUT2D eigenvalue weighted by Crippen LogP contribution is -2.46. The Morgan fingerprint density at radius 1 is 1.24 bits per heavy atom. The summed E-state index contributed by atoms with van der Waals surface area (Å²) in [7, 11) is 0. The van der Waals surface area contributed by atoms with Crippen LogP contribution in [0.5, 0.6) is 0 Å². The summed E-state index contributed by atoms with van der Waals surface area (Å²) in [5.41, 5.74) is 1.21. The van der Waals surface area contributed by atoms with Crippen molar-refractivity contribution in [2.75, 3.05) is 13.2 Å². The molecule has 0 radical (unpaired) electrons. The monoisotopic (exact) mass is 288 g/mol. The summed E-state index contributed by atoms with van der Waals surface area (Å²) in [6.07, 6.45) is 3.82. The number of nitrogens with zero attached hydrogens (tertiary/aromatic N) is 1. The Kier molecular flexibility index (Phi) is 4.56. The molecule has 1 aromatic carbocycles. The predicted molar refractivity (Wildman–Crippen MR) is 81.8 cm³/mol. The Balaban J connectivity index is 1.71. The molecule has 2 fully saturated rings. The fourth-order valence-electron chi connectivity index (χ4n) is 3.43. The van der Waals surface area contributed by atoms with E-state index < -0.39 is 0 Å². The van der Waals surface area contributed by atoms with Crippen LogP contribution in [-0.4, -0.2) is 42.3 Å². The zero-order valence-corrected chi connectivity index (χ0v) is 12.6. The summed E-state index contributed by atoms with van der Waals surface area (Å²) in [5, 5.41) is 3.52. The van der Waals surface area contributed by atoms with Crippen LogP contribution >= 0.6 is 0 Å². The first-order chi connectivity index (χ1) is 10.3. The van der Waals surface area contributed by atoms with Gasteiger partial charge in [-0.2, -0.15) is 0 Å². The maximum atomic E-state index is 12.8. The quantitative estimate of drug-likeness (QED) is 0.920. The fourth-order valence-corrected chi connectivity index (χ4v) is 3.43. The first-order valence-electron chi connectivity index (χ1n) is 7.99. The molecule has 0 saturated carbocycles. The van der Waals surface area contributed by atoms with E-state index in [4.69, 9.17) is 4.74 Å². The van der Waals surface area contributed by atoms with Crippen molar-refractivity contribution in [2.45, 2.75) is 50.9 Å². The van der Waals surface area contributed by atoms with Crippen molar-refractivity contribution in [2.24, 2.45) is 0 Å². The first kappa shape index (κ1) is 14.5. The highest BCUT2D eigenvalue weighted by Crippen LogP contribution is 2.24. The molecule has 1 aromatic rings. The van der Waals surface area contributed by atoms with Gasteiger partial charge in [0, 0.05) is 19.3 Å². The topological polar surface area (TPSA) is 41.6 Å². The number of benzene rings is 1. The summed E-state index contributed by atoms with van der Waals surface area (Å²) in [5.74, 6) is 0.262. The summed E-state index contributed by atoms with van der Waals surface area (Å²) in [6.45, 7) is 3.69. The van der Waals surface area contributed by atoms with Crippen LogP contribution < -0.4 is 5.32 Å². The van der Waals surface area contributed by atoms with E-state index in [1.54, 1.807) is 0 Å². The SMILES string of the molecule is CCC1NC(Cc2ccccc2)C(=O)N1C1CCOCC1. The van der Waals surface area contributed by atoms with E-state index in [9.17, 15) is 4.79 Å². The van der Waals surface area contributed by atoms with Crippen LogP contribution in [0.25, 0.3) is 0 Å². The molecule has 0 aromatic heterocycles. The van der Waals surface area contributed by atoms with E-state index >= 15 is 0 Å². The lowest BCUT2D eigenvalue weighted by atomic mass is 10.0. The fraction of sp³-hybridized carbons (Fsp3) is 0.588. The molecule has 0 bridgehead atoms. The number of amides is 1. The Morgan fingerprint density at radius 3 is 2.62 bits per heavy atom. The van der Waals surface area contributed by atoms with Crippen molar-refractivity contribution in [1.82, 2.24) is 10.2 Å². The molecule has 114 valence electrons. The standard InChI is InChI=1S/C17H24N2O2/c1-2-16-18-15(12-13-6-4-3-5-7-13)17(20)19(16)14-8-10-21-11-9-14/h3-7,14-16,18H,2,8-12H2,1H3. The predicted octanol–water partition coefficient (Wildman–Crippen LogP) is 1.94. The van der Waals surface area contributed by atoms with Gasteiger partial charge >= 0.3 is 0 Å². The molecule has 2 atom stereocenters. The lowest BCUT2D eigenvalue weighted by Gasteiger charge is -2.34. The lowest BCUT2D eigenvalue weighted by molar-refractivity contribution is -0.134. The average Bonchev–Trinajstić information content (AvgIpc) is 2.85. The summed E-state index contributed by atoms with van der Waals surface area (Å²) < 4.78 is 5.43. The van der Waals surface area contributed by atoms with E-state index in [-0.39, 0.29) is 18.1 Å². The second kappa shape index (κ2) is 6.58. The summed E-state index contributed by atoms with van der Waals surface area (Å²) in [4.78, 5) is 14.9. The molecule has 2 aliphatic rings. The van der Waals surface area contributed by atoms with Crippen LogP contribution in [0.2, 0.25) is 0 Å². The van der Waals surface area contributed by atoms with Gasteiger partial charge in [-0.3, -0.25) is 10.1 Å². The molecule has 2 aliphatic heterocycles. The molecule has 0 aliphatic carbocycles.